The van der Waals surface area contributed by atoms with Crippen LogP contribution in [0, 0.1) is 5.92 Å². The molecule has 1 fully saturated rings. The highest BCUT2D eigenvalue weighted by Crippen LogP contribution is 2.28. The van der Waals surface area contributed by atoms with E-state index in [1.807, 2.05) is 12.4 Å². The molecule has 0 amide bonds. The topological polar surface area (TPSA) is 33.6 Å². The molecule has 2 rings (SSSR count). The van der Waals surface area contributed by atoms with E-state index in [0.717, 1.165) is 31.1 Å². The third kappa shape index (κ3) is 2.34. The molecule has 1 saturated carbocycles. The fourth-order valence-corrected chi connectivity index (χ4v) is 1.12. The van der Waals surface area contributed by atoms with Gasteiger partial charge in [0.25, 0.3) is 0 Å². The summed E-state index contributed by atoms with van der Waals surface area (Å²) in [5, 5.41) is 0. The van der Waals surface area contributed by atoms with Crippen LogP contribution in [-0.2, 0) is 4.84 Å². The van der Waals surface area contributed by atoms with Crippen LogP contribution in [0.1, 0.15) is 25.7 Å². The molecule has 1 aliphatic carbocycles. The maximum Gasteiger partial charge on any atom is 0.0774 e. The van der Waals surface area contributed by atoms with Gasteiger partial charge in [-0.3, -0.25) is 15.3 Å². The molecular formula is C9H14N2O. The van der Waals surface area contributed by atoms with Crippen molar-refractivity contribution < 1.29 is 4.84 Å². The SMILES string of the molecule is C1=NC=C(NOCC2CC2)CC1. The second-order valence-electron chi connectivity index (χ2n) is 3.38. The fourth-order valence-electron chi connectivity index (χ4n) is 1.12. The van der Waals surface area contributed by atoms with Crippen LogP contribution in [-0.4, -0.2) is 12.8 Å². The van der Waals surface area contributed by atoms with Gasteiger partial charge < -0.3 is 0 Å². The van der Waals surface area contributed by atoms with Crippen LogP contribution in [0.25, 0.3) is 0 Å². The summed E-state index contributed by atoms with van der Waals surface area (Å²) in [7, 11) is 0. The Balaban J connectivity index is 1.64. The Labute approximate surface area is 72.5 Å². The second kappa shape index (κ2) is 3.72. The number of allylic oxidation sites excluding steroid dienone is 1. The number of nitrogens with zero attached hydrogens (tertiary/aromatic N) is 1. The van der Waals surface area contributed by atoms with E-state index in [4.69, 9.17) is 4.84 Å². The molecule has 0 aromatic rings. The summed E-state index contributed by atoms with van der Waals surface area (Å²) >= 11 is 0. The molecule has 0 saturated heterocycles. The van der Waals surface area contributed by atoms with Crippen molar-refractivity contribution in [1.29, 1.82) is 0 Å². The van der Waals surface area contributed by atoms with Crippen LogP contribution in [0.5, 0.6) is 0 Å². The lowest BCUT2D eigenvalue weighted by molar-refractivity contribution is 0.0524. The molecule has 1 aliphatic heterocycles. The summed E-state index contributed by atoms with van der Waals surface area (Å²) in [6.45, 7) is 0.848. The summed E-state index contributed by atoms with van der Waals surface area (Å²) in [5.41, 5.74) is 4.04. The minimum absolute atomic E-state index is 0.810. The van der Waals surface area contributed by atoms with Gasteiger partial charge in [0.15, 0.2) is 0 Å². The van der Waals surface area contributed by atoms with Crippen LogP contribution in [0.4, 0.5) is 0 Å². The van der Waals surface area contributed by atoms with Crippen LogP contribution in [0.3, 0.4) is 0 Å². The van der Waals surface area contributed by atoms with Crippen molar-refractivity contribution in [1.82, 2.24) is 5.48 Å². The zero-order valence-electron chi connectivity index (χ0n) is 7.12. The summed E-state index contributed by atoms with van der Waals surface area (Å²) in [5.74, 6) is 0.810. The van der Waals surface area contributed by atoms with Crippen LogP contribution >= 0.6 is 0 Å². The average molecular weight is 166 g/mol. The van der Waals surface area contributed by atoms with Crippen molar-refractivity contribution in [2.75, 3.05) is 6.61 Å². The summed E-state index contributed by atoms with van der Waals surface area (Å²) in [6.07, 6.45) is 8.46. The highest BCUT2D eigenvalue weighted by Gasteiger charge is 2.21. The molecule has 1 N–H and O–H groups in total. The van der Waals surface area contributed by atoms with Crippen molar-refractivity contribution in [3.05, 3.63) is 11.9 Å². The first-order valence-electron chi connectivity index (χ1n) is 4.53. The van der Waals surface area contributed by atoms with E-state index in [2.05, 4.69) is 10.5 Å². The van der Waals surface area contributed by atoms with Gasteiger partial charge in [-0.05, 0) is 31.6 Å². The molecule has 2 aliphatic rings. The molecule has 0 unspecified atom stereocenters. The molecule has 0 aromatic heterocycles. The van der Waals surface area contributed by atoms with Crippen LogP contribution in [0.2, 0.25) is 0 Å². The summed E-state index contributed by atoms with van der Waals surface area (Å²) in [4.78, 5) is 9.35. The van der Waals surface area contributed by atoms with Gasteiger partial charge in [-0.15, -0.1) is 0 Å². The van der Waals surface area contributed by atoms with E-state index in [9.17, 15) is 0 Å². The lowest BCUT2D eigenvalue weighted by Crippen LogP contribution is -2.16. The zero-order chi connectivity index (χ0) is 8.23. The number of hydrogen-bond donors (Lipinski definition) is 1. The standard InChI is InChI=1S/C9H14N2O/c1-2-9(6-10-5-1)11-12-7-8-3-4-8/h5-6,8,11H,1-4,7H2. The van der Waals surface area contributed by atoms with Crippen molar-refractivity contribution >= 4 is 6.21 Å². The molecule has 3 nitrogen and oxygen atoms in total. The van der Waals surface area contributed by atoms with E-state index >= 15 is 0 Å². The lowest BCUT2D eigenvalue weighted by atomic mass is 10.2. The molecule has 12 heavy (non-hydrogen) atoms. The van der Waals surface area contributed by atoms with Gasteiger partial charge >= 0.3 is 0 Å². The maximum atomic E-state index is 5.30. The molecule has 0 spiro atoms. The largest absolute Gasteiger partial charge is 0.276 e. The fraction of sp³-hybridized carbons (Fsp3) is 0.667. The second-order valence-corrected chi connectivity index (χ2v) is 3.38. The number of nitrogens with one attached hydrogen (secondary N) is 1. The highest BCUT2D eigenvalue weighted by molar-refractivity contribution is 5.59. The van der Waals surface area contributed by atoms with Gasteiger partial charge in [0.05, 0.1) is 12.3 Å². The van der Waals surface area contributed by atoms with E-state index in [1.54, 1.807) is 0 Å². The Kier molecular flexibility index (Phi) is 2.42. The van der Waals surface area contributed by atoms with Crippen molar-refractivity contribution in [2.45, 2.75) is 25.7 Å². The van der Waals surface area contributed by atoms with Gasteiger partial charge in [0, 0.05) is 12.4 Å². The number of hydrogen-bond acceptors (Lipinski definition) is 3. The Morgan fingerprint density at radius 1 is 1.58 bits per heavy atom. The first kappa shape index (κ1) is 7.80. The van der Waals surface area contributed by atoms with Crippen molar-refractivity contribution in [3.63, 3.8) is 0 Å². The van der Waals surface area contributed by atoms with E-state index in [-0.39, 0.29) is 0 Å². The third-order valence-electron chi connectivity index (χ3n) is 2.10. The summed E-state index contributed by atoms with van der Waals surface area (Å²) < 4.78 is 0. The Bertz CT molecular complexity index is 207. The van der Waals surface area contributed by atoms with E-state index in [1.165, 1.54) is 12.8 Å². The number of aliphatic imine (C=N–C) groups is 1. The third-order valence-corrected chi connectivity index (χ3v) is 2.10. The predicted molar refractivity (Wildman–Crippen MR) is 47.6 cm³/mol. The molecule has 1 heterocycles. The number of rotatable bonds is 4. The minimum Gasteiger partial charge on any atom is -0.276 e. The lowest BCUT2D eigenvalue weighted by Gasteiger charge is -2.10. The van der Waals surface area contributed by atoms with Gasteiger partial charge in [0.2, 0.25) is 0 Å². The van der Waals surface area contributed by atoms with Gasteiger partial charge in [0.1, 0.15) is 0 Å². The normalized spacial score (nSPS) is 22.2. The van der Waals surface area contributed by atoms with E-state index < -0.39 is 0 Å². The van der Waals surface area contributed by atoms with Gasteiger partial charge in [-0.25, -0.2) is 0 Å². The van der Waals surface area contributed by atoms with E-state index in [0.29, 0.717) is 0 Å². The quantitative estimate of drug-likeness (QED) is 0.644. The molecule has 0 atom stereocenters. The minimum atomic E-state index is 0.810. The molecular weight excluding hydrogens is 152 g/mol. The van der Waals surface area contributed by atoms with Crippen LogP contribution < -0.4 is 5.48 Å². The van der Waals surface area contributed by atoms with Crippen molar-refractivity contribution in [3.8, 4) is 0 Å². The monoisotopic (exact) mass is 166 g/mol. The van der Waals surface area contributed by atoms with Crippen molar-refractivity contribution in [2.24, 2.45) is 10.9 Å². The Morgan fingerprint density at radius 3 is 3.17 bits per heavy atom. The molecule has 0 radical (unpaired) electrons. The molecule has 3 heteroatoms. The smallest absolute Gasteiger partial charge is 0.0774 e. The highest BCUT2D eigenvalue weighted by atomic mass is 16.6. The average Bonchev–Trinajstić information content (AvgIpc) is 2.90. The Morgan fingerprint density at radius 2 is 2.50 bits per heavy atom. The number of hydroxylamine groups is 1. The molecule has 0 bridgehead atoms. The first-order valence-corrected chi connectivity index (χ1v) is 4.53. The van der Waals surface area contributed by atoms with Gasteiger partial charge in [-0.1, -0.05) is 0 Å². The molecule has 0 aromatic carbocycles. The molecule has 66 valence electrons. The zero-order valence-corrected chi connectivity index (χ0v) is 7.12. The predicted octanol–water partition coefficient (Wildman–Crippen LogP) is 1.62. The Hall–Kier alpha value is -0.830. The first-order chi connectivity index (χ1) is 5.95. The maximum absolute atomic E-state index is 5.30. The summed E-state index contributed by atoms with van der Waals surface area (Å²) in [6, 6.07) is 0. The van der Waals surface area contributed by atoms with Gasteiger partial charge in [-0.2, -0.15) is 0 Å². The van der Waals surface area contributed by atoms with Crippen LogP contribution in [0.15, 0.2) is 16.9 Å².